The molecular weight excluding hydrogens is 431 g/mol. The van der Waals surface area contributed by atoms with Crippen molar-refractivity contribution in [2.75, 3.05) is 12.8 Å². The van der Waals surface area contributed by atoms with Crippen LogP contribution in [-0.4, -0.2) is 49.2 Å². The summed E-state index contributed by atoms with van der Waals surface area (Å²) in [7, 11) is -3.55. The number of aliphatic imine (C=N–C) groups is 1. The Labute approximate surface area is 167 Å². The first-order valence-corrected chi connectivity index (χ1v) is 9.82. The van der Waals surface area contributed by atoms with Crippen LogP contribution in [0.15, 0.2) is 55.0 Å². The van der Waals surface area contributed by atoms with Crippen molar-refractivity contribution < 1.29 is 30.8 Å². The van der Waals surface area contributed by atoms with E-state index in [1.54, 1.807) is 0 Å². The van der Waals surface area contributed by atoms with Crippen molar-refractivity contribution >= 4 is 21.5 Å². The van der Waals surface area contributed by atoms with Gasteiger partial charge in [-0.2, -0.15) is 13.2 Å². The van der Waals surface area contributed by atoms with Gasteiger partial charge in [0.1, 0.15) is 18.0 Å². The van der Waals surface area contributed by atoms with Gasteiger partial charge in [0.25, 0.3) is 5.89 Å². The lowest BCUT2D eigenvalue weighted by Crippen LogP contribution is -2.24. The highest BCUT2D eigenvalue weighted by Gasteiger charge is 2.35. The average molecular weight is 445 g/mol. The van der Waals surface area contributed by atoms with E-state index >= 15 is 0 Å². The van der Waals surface area contributed by atoms with E-state index in [1.807, 2.05) is 0 Å². The van der Waals surface area contributed by atoms with Crippen LogP contribution in [0.3, 0.4) is 0 Å². The lowest BCUT2D eigenvalue weighted by molar-refractivity contribution is -0.116. The zero-order valence-electron chi connectivity index (χ0n) is 15.5. The Kier molecular flexibility index (Phi) is 6.50. The minimum atomic E-state index is -4.91. The van der Waals surface area contributed by atoms with Crippen LogP contribution in [-0.2, 0) is 14.6 Å². The molecule has 0 saturated heterocycles. The van der Waals surface area contributed by atoms with Gasteiger partial charge in [-0.15, -0.1) is 15.1 Å². The van der Waals surface area contributed by atoms with E-state index in [-0.39, 0.29) is 16.3 Å². The molecule has 2 rings (SSSR count). The van der Waals surface area contributed by atoms with Gasteiger partial charge in [-0.25, -0.2) is 8.42 Å². The van der Waals surface area contributed by atoms with Crippen molar-refractivity contribution in [1.82, 2.24) is 10.2 Å². The third kappa shape index (κ3) is 5.34. The summed E-state index contributed by atoms with van der Waals surface area (Å²) < 4.78 is 67.6. The summed E-state index contributed by atoms with van der Waals surface area (Å²) in [4.78, 5) is 24.9. The molecule has 0 atom stereocenters. The van der Waals surface area contributed by atoms with Crippen molar-refractivity contribution in [3.63, 3.8) is 0 Å². The smallest absolute Gasteiger partial charge is 0.415 e. The number of rotatable bonds is 6. The monoisotopic (exact) mass is 445 g/mol. The third-order valence-electron chi connectivity index (χ3n) is 3.68. The van der Waals surface area contributed by atoms with E-state index in [0.29, 0.717) is 0 Å². The molecule has 0 aliphatic heterocycles. The molecule has 14 heteroatoms. The van der Waals surface area contributed by atoms with Crippen molar-refractivity contribution in [2.45, 2.75) is 18.0 Å². The van der Waals surface area contributed by atoms with Gasteiger partial charge in [-0.1, -0.05) is 6.07 Å². The van der Waals surface area contributed by atoms with Crippen LogP contribution in [0.2, 0.25) is 0 Å². The quantitative estimate of drug-likeness (QED) is 0.522. The number of alkyl halides is 3. The number of nitrogens with two attached hydrogens (primary N) is 1. The second-order valence-electron chi connectivity index (χ2n) is 5.90. The number of aromatic nitrogens is 2. The second kappa shape index (κ2) is 8.52. The lowest BCUT2D eigenvalue weighted by atomic mass is 10.1. The van der Waals surface area contributed by atoms with E-state index in [9.17, 15) is 31.3 Å². The first-order valence-electron chi connectivity index (χ1n) is 7.93. The Bertz CT molecular complexity index is 1150. The zero-order chi connectivity index (χ0) is 22.7. The number of sulfone groups is 1. The number of amides is 1. The van der Waals surface area contributed by atoms with Gasteiger partial charge in [0, 0.05) is 22.6 Å². The summed E-state index contributed by atoms with van der Waals surface area (Å²) in [5.41, 5.74) is 2.56. The molecule has 1 aromatic carbocycles. The van der Waals surface area contributed by atoms with E-state index in [1.165, 1.54) is 24.3 Å². The minimum absolute atomic E-state index is 0.0475. The number of allylic oxidation sites excluding steroid dienone is 2. The van der Waals surface area contributed by atoms with Crippen molar-refractivity contribution in [3.8, 4) is 11.5 Å². The van der Waals surface area contributed by atoms with Gasteiger partial charge >= 0.3 is 12.1 Å². The summed E-state index contributed by atoms with van der Waals surface area (Å²) in [6.45, 7) is 0.0945. The topological polar surface area (TPSA) is 158 Å². The number of carbonyl (C=O) groups excluding carboxylic acids is 1. The van der Waals surface area contributed by atoms with E-state index in [2.05, 4.69) is 20.4 Å². The predicted molar refractivity (Wildman–Crippen MR) is 98.0 cm³/mol. The van der Waals surface area contributed by atoms with Gasteiger partial charge in [0.2, 0.25) is 5.89 Å². The first-order chi connectivity index (χ1) is 13.8. The Hall–Kier alpha value is -3.42. The highest BCUT2D eigenvalue weighted by Crippen LogP contribution is 2.27. The lowest BCUT2D eigenvalue weighted by Gasteiger charge is -2.11. The summed E-state index contributed by atoms with van der Waals surface area (Å²) in [6.07, 6.45) is -3.92. The van der Waals surface area contributed by atoms with Crippen LogP contribution >= 0.6 is 0 Å². The minimum Gasteiger partial charge on any atom is -0.415 e. The fraction of sp³-hybridized carbons (Fsp3) is 0.250. The molecule has 0 unspecified atom stereocenters. The normalized spacial score (nSPS) is 13.7. The van der Waals surface area contributed by atoms with Crippen molar-refractivity contribution in [3.05, 3.63) is 46.3 Å². The molecule has 0 aliphatic carbocycles. The van der Waals surface area contributed by atoms with Gasteiger partial charge < -0.3 is 10.2 Å². The molecule has 0 aliphatic rings. The Morgan fingerprint density at radius 2 is 1.93 bits per heavy atom. The molecule has 0 radical (unpaired) electrons. The summed E-state index contributed by atoms with van der Waals surface area (Å²) >= 11 is 0. The molecule has 0 saturated carbocycles. The van der Waals surface area contributed by atoms with Crippen LogP contribution < -0.4 is 5.73 Å². The van der Waals surface area contributed by atoms with Crippen LogP contribution in [0.25, 0.3) is 11.5 Å². The molecule has 160 valence electrons. The highest BCUT2D eigenvalue weighted by atomic mass is 32.2. The van der Waals surface area contributed by atoms with Crippen LogP contribution in [0, 0.1) is 4.91 Å². The maximum Gasteiger partial charge on any atom is 0.431 e. The zero-order valence-corrected chi connectivity index (χ0v) is 16.3. The summed E-state index contributed by atoms with van der Waals surface area (Å²) in [5.74, 6) is -1.99. The molecule has 0 spiro atoms. The Balaban J connectivity index is 2.56. The standard InChI is InChI=1S/C16H14F3N5O5S/c1-8(13(20)16(17,18)19)12(21-7-11(25)24-26)15-23-22-14(29-15)9-4-3-5-10(6-9)30(2,27)28/h3-6H,7,20H2,1-2H3. The first kappa shape index (κ1) is 22.9. The molecule has 30 heavy (non-hydrogen) atoms. The Morgan fingerprint density at radius 1 is 1.27 bits per heavy atom. The third-order valence-corrected chi connectivity index (χ3v) is 4.79. The average Bonchev–Trinajstić information content (AvgIpc) is 3.15. The number of halogens is 3. The molecule has 10 nitrogen and oxygen atoms in total. The van der Waals surface area contributed by atoms with Crippen LogP contribution in [0.5, 0.6) is 0 Å². The molecule has 2 N–H and O–H groups in total. The molecule has 1 aromatic heterocycles. The van der Waals surface area contributed by atoms with Crippen molar-refractivity contribution in [1.29, 1.82) is 0 Å². The molecule has 2 aromatic rings. The van der Waals surface area contributed by atoms with Crippen LogP contribution in [0.4, 0.5) is 13.2 Å². The number of carbonyl (C=O) groups is 1. The van der Waals surface area contributed by atoms with Crippen molar-refractivity contribution in [2.24, 2.45) is 15.9 Å². The number of hydrogen-bond donors (Lipinski definition) is 1. The molecule has 1 heterocycles. The van der Waals surface area contributed by atoms with E-state index < -0.39 is 51.3 Å². The summed E-state index contributed by atoms with van der Waals surface area (Å²) in [5, 5.41) is 9.38. The molecule has 0 bridgehead atoms. The maximum atomic E-state index is 13.0. The van der Waals surface area contributed by atoms with Gasteiger partial charge in [-0.05, 0) is 25.1 Å². The number of nitroso groups, excluding NO2 is 1. The second-order valence-corrected chi connectivity index (χ2v) is 7.91. The summed E-state index contributed by atoms with van der Waals surface area (Å²) in [6, 6.07) is 5.41. The van der Waals surface area contributed by atoms with Crippen LogP contribution in [0.1, 0.15) is 12.8 Å². The molecule has 0 fully saturated rings. The van der Waals surface area contributed by atoms with E-state index in [0.717, 1.165) is 13.2 Å². The Morgan fingerprint density at radius 3 is 2.50 bits per heavy atom. The van der Waals surface area contributed by atoms with Gasteiger partial charge in [-0.3, -0.25) is 9.79 Å². The fourth-order valence-electron chi connectivity index (χ4n) is 2.16. The number of hydrogen-bond acceptors (Lipinski definition) is 9. The van der Waals surface area contributed by atoms with Gasteiger partial charge in [0.15, 0.2) is 9.84 Å². The van der Waals surface area contributed by atoms with Gasteiger partial charge in [0.05, 0.1) is 4.90 Å². The number of nitrogens with zero attached hydrogens (tertiary/aromatic N) is 4. The highest BCUT2D eigenvalue weighted by molar-refractivity contribution is 7.90. The largest absolute Gasteiger partial charge is 0.431 e. The maximum absolute atomic E-state index is 13.0. The SMILES string of the molecule is CC(C(=NCC(=O)N=O)c1nnc(-c2cccc(S(C)(=O)=O)c2)o1)=C(N)C(F)(F)F. The molecule has 1 amide bonds. The molecular formula is C16H14F3N5O5S. The predicted octanol–water partition coefficient (Wildman–Crippen LogP) is 2.02. The number of benzene rings is 1. The van der Waals surface area contributed by atoms with E-state index in [4.69, 9.17) is 10.2 Å². The fourth-order valence-corrected chi connectivity index (χ4v) is 2.82.